The van der Waals surface area contributed by atoms with Crippen LogP contribution < -0.4 is 5.32 Å². The maximum absolute atomic E-state index is 12.5. The van der Waals surface area contributed by atoms with Gasteiger partial charge < -0.3 is 15.0 Å². The number of carboxylic acid groups (broad SMARTS) is 1. The van der Waals surface area contributed by atoms with Gasteiger partial charge in [0.2, 0.25) is 5.91 Å². The van der Waals surface area contributed by atoms with Gasteiger partial charge in [-0.05, 0) is 13.8 Å². The smallest absolute Gasteiger partial charge is 0.323 e. The van der Waals surface area contributed by atoms with Gasteiger partial charge in [-0.25, -0.2) is 13.4 Å². The molecule has 1 aromatic heterocycles. The minimum absolute atomic E-state index is 0.247. The van der Waals surface area contributed by atoms with Gasteiger partial charge in [-0.15, -0.1) is 0 Å². The summed E-state index contributed by atoms with van der Waals surface area (Å²) in [4.78, 5) is 26.6. The van der Waals surface area contributed by atoms with Crippen LogP contribution in [0.4, 0.5) is 0 Å². The van der Waals surface area contributed by atoms with Crippen LogP contribution in [0.15, 0.2) is 11.2 Å². The molecular weight excluding hydrogens is 300 g/mol. The number of hydrogen-bond acceptors (Lipinski definition) is 5. The van der Waals surface area contributed by atoms with Crippen molar-refractivity contribution in [2.45, 2.75) is 31.5 Å². The summed E-state index contributed by atoms with van der Waals surface area (Å²) < 4.78 is 27.4. The first-order valence-electron chi connectivity index (χ1n) is 6.32. The molecule has 1 amide bonds. The molecule has 2 heterocycles. The Bertz CT molecular complexity index is 681. The number of carbonyl (C=O) groups excluding carboxylic acids is 1. The zero-order valence-electron chi connectivity index (χ0n) is 11.6. The maximum Gasteiger partial charge on any atom is 0.323 e. The second-order valence-corrected chi connectivity index (χ2v) is 6.46. The van der Waals surface area contributed by atoms with Gasteiger partial charge in [0, 0.05) is 19.3 Å². The van der Waals surface area contributed by atoms with E-state index in [1.54, 1.807) is 11.5 Å². The van der Waals surface area contributed by atoms with Crippen molar-refractivity contribution in [3.63, 3.8) is 0 Å². The fraction of sp³-hybridized carbons (Fsp3) is 0.545. The van der Waals surface area contributed by atoms with Crippen LogP contribution in [0.5, 0.6) is 0 Å². The number of aryl methyl sites for hydroxylation is 2. The summed E-state index contributed by atoms with van der Waals surface area (Å²) >= 11 is 0. The number of piperazine rings is 1. The van der Waals surface area contributed by atoms with Crippen molar-refractivity contribution in [2.24, 2.45) is 0 Å². The van der Waals surface area contributed by atoms with E-state index >= 15 is 0 Å². The number of aliphatic carboxylic acids is 1. The highest BCUT2D eigenvalue weighted by molar-refractivity contribution is 7.89. The summed E-state index contributed by atoms with van der Waals surface area (Å²) in [6.07, 6.45) is 1.34. The molecule has 1 aliphatic rings. The van der Waals surface area contributed by atoms with Crippen LogP contribution in [-0.2, 0) is 26.2 Å². The van der Waals surface area contributed by atoms with Crippen molar-refractivity contribution in [3.8, 4) is 0 Å². The molecule has 116 valence electrons. The lowest BCUT2D eigenvalue weighted by Crippen LogP contribution is -2.59. The first kappa shape index (κ1) is 15.4. The molecule has 0 bridgehead atoms. The van der Waals surface area contributed by atoms with E-state index in [2.05, 4.69) is 10.3 Å². The van der Waals surface area contributed by atoms with Crippen LogP contribution in [0.25, 0.3) is 0 Å². The molecule has 2 rings (SSSR count). The van der Waals surface area contributed by atoms with Crippen molar-refractivity contribution in [3.05, 3.63) is 12.0 Å². The van der Waals surface area contributed by atoms with E-state index in [9.17, 15) is 18.0 Å². The molecule has 0 radical (unpaired) electrons. The number of hydrogen-bond donors (Lipinski definition) is 2. The first-order chi connectivity index (χ1) is 9.77. The number of imidazole rings is 1. The van der Waals surface area contributed by atoms with E-state index in [1.165, 1.54) is 6.20 Å². The van der Waals surface area contributed by atoms with E-state index < -0.39 is 34.5 Å². The lowest BCUT2D eigenvalue weighted by atomic mass is 10.2. The monoisotopic (exact) mass is 316 g/mol. The zero-order chi connectivity index (χ0) is 15.8. The third-order valence-corrected chi connectivity index (χ3v) is 5.02. The van der Waals surface area contributed by atoms with Crippen LogP contribution in [0.2, 0.25) is 0 Å². The fourth-order valence-corrected chi connectivity index (χ4v) is 3.66. The highest BCUT2D eigenvalue weighted by atomic mass is 32.2. The average Bonchev–Trinajstić information content (AvgIpc) is 2.80. The summed E-state index contributed by atoms with van der Waals surface area (Å²) in [5, 5.41) is 11.2. The third-order valence-electron chi connectivity index (χ3n) is 3.29. The molecule has 2 N–H and O–H groups in total. The summed E-state index contributed by atoms with van der Waals surface area (Å²) in [5.74, 6) is -1.35. The lowest BCUT2D eigenvalue weighted by Gasteiger charge is -2.30. The molecule has 0 saturated carbocycles. The quantitative estimate of drug-likeness (QED) is 0.718. The number of aromatic nitrogens is 2. The minimum atomic E-state index is -4.14. The van der Waals surface area contributed by atoms with Crippen molar-refractivity contribution in [2.75, 3.05) is 13.1 Å². The Labute approximate surface area is 121 Å². The van der Waals surface area contributed by atoms with Gasteiger partial charge in [-0.2, -0.15) is 4.31 Å². The van der Waals surface area contributed by atoms with Crippen molar-refractivity contribution >= 4 is 21.9 Å². The van der Waals surface area contributed by atoms with Gasteiger partial charge in [0.15, 0.2) is 5.03 Å². The number of carboxylic acids is 1. The lowest BCUT2D eigenvalue weighted by molar-refractivity contribution is -0.143. The Kier molecular flexibility index (Phi) is 4.01. The van der Waals surface area contributed by atoms with Crippen molar-refractivity contribution in [1.82, 2.24) is 19.2 Å². The molecule has 10 heteroatoms. The summed E-state index contributed by atoms with van der Waals surface area (Å²) in [6, 6.07) is -1.33. The van der Waals surface area contributed by atoms with Crippen LogP contribution in [0, 0.1) is 6.92 Å². The van der Waals surface area contributed by atoms with E-state index in [4.69, 9.17) is 5.11 Å². The highest BCUT2D eigenvalue weighted by Gasteiger charge is 2.41. The number of amides is 1. The highest BCUT2D eigenvalue weighted by Crippen LogP contribution is 2.19. The Hall–Kier alpha value is -1.94. The van der Waals surface area contributed by atoms with Crippen LogP contribution in [-0.4, -0.2) is 58.4 Å². The Morgan fingerprint density at radius 3 is 2.76 bits per heavy atom. The van der Waals surface area contributed by atoms with Gasteiger partial charge >= 0.3 is 5.97 Å². The van der Waals surface area contributed by atoms with Gasteiger partial charge in [0.05, 0.1) is 6.54 Å². The second kappa shape index (κ2) is 5.45. The second-order valence-electron chi connectivity index (χ2n) is 4.62. The summed E-state index contributed by atoms with van der Waals surface area (Å²) in [7, 11) is -4.14. The van der Waals surface area contributed by atoms with E-state index in [0.717, 1.165) is 0 Å². The number of sulfonamides is 1. The van der Waals surface area contributed by atoms with Gasteiger partial charge in [-0.3, -0.25) is 9.59 Å². The Morgan fingerprint density at radius 1 is 1.57 bits per heavy atom. The molecule has 21 heavy (non-hydrogen) atoms. The molecular formula is C11H16N4O5S. The van der Waals surface area contributed by atoms with Crippen LogP contribution in [0.1, 0.15) is 12.7 Å². The fourth-order valence-electron chi connectivity index (χ4n) is 2.13. The minimum Gasteiger partial charge on any atom is -0.480 e. The molecule has 1 saturated heterocycles. The number of nitrogens with zero attached hydrogens (tertiary/aromatic N) is 3. The van der Waals surface area contributed by atoms with E-state index in [1.807, 2.05) is 6.92 Å². The number of nitrogens with one attached hydrogen (secondary N) is 1. The van der Waals surface area contributed by atoms with E-state index in [-0.39, 0.29) is 11.6 Å². The topological polar surface area (TPSA) is 122 Å². The standard InChI is InChI=1S/C11H16N4O5S/c1-3-14-6-10(13-7(14)2)21(19,20)15-5-9(16)12-4-8(15)11(17)18/h6,8H,3-5H2,1-2H3,(H,12,16)(H,17,18). The van der Waals surface area contributed by atoms with Crippen LogP contribution >= 0.6 is 0 Å². The molecule has 0 aromatic carbocycles. The molecule has 9 nitrogen and oxygen atoms in total. The number of carbonyl (C=O) groups is 2. The van der Waals surface area contributed by atoms with Crippen molar-refractivity contribution in [1.29, 1.82) is 0 Å². The SMILES string of the molecule is CCn1cc(S(=O)(=O)N2CC(=O)NCC2C(=O)O)nc1C. The summed E-state index contributed by atoms with van der Waals surface area (Å²) in [5.41, 5.74) is 0. The summed E-state index contributed by atoms with van der Waals surface area (Å²) in [6.45, 7) is 3.23. The predicted molar refractivity (Wildman–Crippen MR) is 71.0 cm³/mol. The van der Waals surface area contributed by atoms with E-state index in [0.29, 0.717) is 16.7 Å². The predicted octanol–water partition coefficient (Wildman–Crippen LogP) is -1.21. The molecule has 1 aromatic rings. The molecule has 0 spiro atoms. The molecule has 1 fully saturated rings. The van der Waals surface area contributed by atoms with Gasteiger partial charge in [0.1, 0.15) is 11.9 Å². The normalized spacial score (nSPS) is 20.3. The molecule has 1 atom stereocenters. The zero-order valence-corrected chi connectivity index (χ0v) is 12.4. The van der Waals surface area contributed by atoms with Gasteiger partial charge in [-0.1, -0.05) is 0 Å². The Morgan fingerprint density at radius 2 is 2.24 bits per heavy atom. The molecule has 0 aliphatic carbocycles. The largest absolute Gasteiger partial charge is 0.480 e. The van der Waals surface area contributed by atoms with Gasteiger partial charge in [0.25, 0.3) is 10.0 Å². The third kappa shape index (κ3) is 2.76. The molecule has 1 aliphatic heterocycles. The first-order valence-corrected chi connectivity index (χ1v) is 7.76. The average molecular weight is 316 g/mol. The number of rotatable bonds is 4. The Balaban J connectivity index is 2.44. The molecule has 1 unspecified atom stereocenters. The van der Waals surface area contributed by atoms with Crippen LogP contribution in [0.3, 0.4) is 0 Å². The van der Waals surface area contributed by atoms with Crippen molar-refractivity contribution < 1.29 is 23.1 Å². The maximum atomic E-state index is 12.5.